The molecule has 0 aliphatic heterocycles. The summed E-state index contributed by atoms with van der Waals surface area (Å²) in [4.78, 5) is 12.2. The monoisotopic (exact) mass is 262 g/mol. The van der Waals surface area contributed by atoms with E-state index >= 15 is 0 Å². The molecule has 2 heterocycles. The largest absolute Gasteiger partial charge is 0.341 e. The van der Waals surface area contributed by atoms with Crippen LogP contribution in [0.2, 0.25) is 0 Å². The van der Waals surface area contributed by atoms with Crippen LogP contribution in [0, 0.1) is 0 Å². The summed E-state index contributed by atoms with van der Waals surface area (Å²) in [6.07, 6.45) is 4.59. The van der Waals surface area contributed by atoms with Gasteiger partial charge >= 0.3 is 0 Å². The molecular weight excluding hydrogens is 244 g/mol. The van der Waals surface area contributed by atoms with E-state index in [-0.39, 0.29) is 0 Å². The Hall–Kier alpha value is -1.46. The van der Waals surface area contributed by atoms with Crippen molar-refractivity contribution in [2.45, 2.75) is 25.9 Å². The first-order valence-electron chi connectivity index (χ1n) is 5.97. The summed E-state index contributed by atoms with van der Waals surface area (Å²) in [6.45, 7) is 2.66. The predicted molar refractivity (Wildman–Crippen MR) is 75.8 cm³/mol. The Morgan fingerprint density at radius 3 is 2.67 bits per heavy atom. The summed E-state index contributed by atoms with van der Waals surface area (Å²) in [7, 11) is 2.02. The molecule has 4 nitrogen and oxygen atoms in total. The lowest BCUT2D eigenvalue weighted by atomic mass is 10.2. The van der Waals surface area contributed by atoms with Crippen molar-refractivity contribution in [1.82, 2.24) is 9.97 Å². The SMILES string of the molecule is CC(Cc1cccs1)N(C)c1ncc(CN)cn1. The van der Waals surface area contributed by atoms with Gasteiger partial charge in [-0.15, -0.1) is 11.3 Å². The van der Waals surface area contributed by atoms with Crippen LogP contribution in [-0.2, 0) is 13.0 Å². The number of hydrogen-bond donors (Lipinski definition) is 1. The van der Waals surface area contributed by atoms with Gasteiger partial charge in [-0.3, -0.25) is 0 Å². The van der Waals surface area contributed by atoms with Gasteiger partial charge in [0.1, 0.15) is 0 Å². The molecule has 2 rings (SSSR count). The quantitative estimate of drug-likeness (QED) is 0.896. The minimum Gasteiger partial charge on any atom is -0.341 e. The molecule has 0 bridgehead atoms. The van der Waals surface area contributed by atoms with E-state index in [2.05, 4.69) is 39.3 Å². The second-order valence-corrected chi connectivity index (χ2v) is 5.37. The van der Waals surface area contributed by atoms with Gasteiger partial charge in [-0.05, 0) is 18.4 Å². The zero-order valence-electron chi connectivity index (χ0n) is 10.7. The third-order valence-electron chi connectivity index (χ3n) is 2.98. The molecule has 1 unspecified atom stereocenters. The van der Waals surface area contributed by atoms with Gasteiger partial charge in [0.05, 0.1) is 0 Å². The summed E-state index contributed by atoms with van der Waals surface area (Å²) < 4.78 is 0. The number of anilines is 1. The first kappa shape index (κ1) is 13.0. The second kappa shape index (κ2) is 5.93. The number of likely N-dealkylation sites (N-methyl/N-ethyl adjacent to an activating group) is 1. The molecule has 96 valence electrons. The Kier molecular flexibility index (Phi) is 4.28. The Bertz CT molecular complexity index is 466. The van der Waals surface area contributed by atoms with Crippen molar-refractivity contribution >= 4 is 17.3 Å². The van der Waals surface area contributed by atoms with Crippen LogP contribution < -0.4 is 10.6 Å². The molecule has 0 fully saturated rings. The van der Waals surface area contributed by atoms with Crippen molar-refractivity contribution in [2.24, 2.45) is 5.73 Å². The highest BCUT2D eigenvalue weighted by atomic mass is 32.1. The molecule has 0 aliphatic rings. The average molecular weight is 262 g/mol. The standard InChI is InChI=1S/C13H18N4S/c1-10(6-12-4-3-5-18-12)17(2)13-15-8-11(7-14)9-16-13/h3-5,8-10H,6-7,14H2,1-2H3. The van der Waals surface area contributed by atoms with Gasteiger partial charge in [0, 0.05) is 48.9 Å². The Morgan fingerprint density at radius 1 is 1.39 bits per heavy atom. The van der Waals surface area contributed by atoms with Gasteiger partial charge in [0.15, 0.2) is 0 Å². The van der Waals surface area contributed by atoms with Gasteiger partial charge in [0.25, 0.3) is 0 Å². The van der Waals surface area contributed by atoms with Crippen LogP contribution in [-0.4, -0.2) is 23.1 Å². The topological polar surface area (TPSA) is 55.0 Å². The first-order valence-corrected chi connectivity index (χ1v) is 6.85. The summed E-state index contributed by atoms with van der Waals surface area (Å²) in [5.41, 5.74) is 6.49. The van der Waals surface area contributed by atoms with Gasteiger partial charge in [0.2, 0.25) is 5.95 Å². The molecule has 0 aromatic carbocycles. The maximum absolute atomic E-state index is 5.53. The van der Waals surface area contributed by atoms with Gasteiger partial charge in [-0.25, -0.2) is 9.97 Å². The van der Waals surface area contributed by atoms with Crippen LogP contribution in [0.3, 0.4) is 0 Å². The van der Waals surface area contributed by atoms with E-state index in [1.54, 1.807) is 23.7 Å². The average Bonchev–Trinajstić information content (AvgIpc) is 2.91. The highest BCUT2D eigenvalue weighted by molar-refractivity contribution is 7.09. The minimum atomic E-state index is 0.368. The number of nitrogens with two attached hydrogens (primary N) is 1. The van der Waals surface area contributed by atoms with Crippen molar-refractivity contribution in [3.05, 3.63) is 40.3 Å². The van der Waals surface area contributed by atoms with Crippen molar-refractivity contribution in [3.8, 4) is 0 Å². The van der Waals surface area contributed by atoms with Crippen LogP contribution in [0.1, 0.15) is 17.4 Å². The van der Waals surface area contributed by atoms with E-state index in [1.807, 2.05) is 7.05 Å². The first-order chi connectivity index (χ1) is 8.70. The van der Waals surface area contributed by atoms with E-state index < -0.39 is 0 Å². The van der Waals surface area contributed by atoms with E-state index in [4.69, 9.17) is 5.73 Å². The van der Waals surface area contributed by atoms with Gasteiger partial charge in [-0.2, -0.15) is 0 Å². The van der Waals surface area contributed by atoms with Gasteiger partial charge < -0.3 is 10.6 Å². The van der Waals surface area contributed by atoms with E-state index in [0.29, 0.717) is 12.6 Å². The van der Waals surface area contributed by atoms with Crippen LogP contribution in [0.25, 0.3) is 0 Å². The molecule has 5 heteroatoms. The molecule has 0 amide bonds. The normalized spacial score (nSPS) is 12.4. The Balaban J connectivity index is 2.02. The molecule has 1 atom stereocenters. The highest BCUT2D eigenvalue weighted by Crippen LogP contribution is 2.16. The van der Waals surface area contributed by atoms with Crippen molar-refractivity contribution in [1.29, 1.82) is 0 Å². The molecule has 2 N–H and O–H groups in total. The zero-order chi connectivity index (χ0) is 13.0. The fourth-order valence-electron chi connectivity index (χ4n) is 1.69. The summed E-state index contributed by atoms with van der Waals surface area (Å²) in [5.74, 6) is 0.747. The van der Waals surface area contributed by atoms with Crippen LogP contribution in [0.5, 0.6) is 0 Å². The lowest BCUT2D eigenvalue weighted by Crippen LogP contribution is -2.32. The highest BCUT2D eigenvalue weighted by Gasteiger charge is 2.13. The van der Waals surface area contributed by atoms with E-state index in [0.717, 1.165) is 17.9 Å². The van der Waals surface area contributed by atoms with Crippen molar-refractivity contribution in [3.63, 3.8) is 0 Å². The Morgan fingerprint density at radius 2 is 2.11 bits per heavy atom. The molecule has 0 spiro atoms. The third-order valence-corrected chi connectivity index (χ3v) is 3.88. The molecule has 0 saturated carbocycles. The van der Waals surface area contributed by atoms with E-state index in [1.165, 1.54) is 4.88 Å². The minimum absolute atomic E-state index is 0.368. The van der Waals surface area contributed by atoms with Crippen molar-refractivity contribution < 1.29 is 0 Å². The molecule has 0 saturated heterocycles. The molecular formula is C13H18N4S. The van der Waals surface area contributed by atoms with Crippen molar-refractivity contribution in [2.75, 3.05) is 11.9 Å². The number of aromatic nitrogens is 2. The van der Waals surface area contributed by atoms with Crippen LogP contribution >= 0.6 is 11.3 Å². The zero-order valence-corrected chi connectivity index (χ0v) is 11.5. The molecule has 0 radical (unpaired) electrons. The Labute approximate surface area is 111 Å². The fourth-order valence-corrected chi connectivity index (χ4v) is 2.52. The number of rotatable bonds is 5. The fraction of sp³-hybridized carbons (Fsp3) is 0.385. The number of thiophene rings is 1. The second-order valence-electron chi connectivity index (χ2n) is 4.34. The maximum Gasteiger partial charge on any atom is 0.225 e. The number of hydrogen-bond acceptors (Lipinski definition) is 5. The van der Waals surface area contributed by atoms with Crippen LogP contribution in [0.4, 0.5) is 5.95 Å². The molecule has 2 aromatic heterocycles. The third kappa shape index (κ3) is 3.05. The molecule has 2 aromatic rings. The molecule has 18 heavy (non-hydrogen) atoms. The summed E-state index contributed by atoms with van der Waals surface area (Å²) >= 11 is 1.79. The number of nitrogens with zero attached hydrogens (tertiary/aromatic N) is 3. The molecule has 0 aliphatic carbocycles. The smallest absolute Gasteiger partial charge is 0.225 e. The van der Waals surface area contributed by atoms with E-state index in [9.17, 15) is 0 Å². The predicted octanol–water partition coefficient (Wildman–Crippen LogP) is 2.06. The van der Waals surface area contributed by atoms with Gasteiger partial charge in [-0.1, -0.05) is 6.07 Å². The van der Waals surface area contributed by atoms with Crippen LogP contribution in [0.15, 0.2) is 29.9 Å². The summed E-state index contributed by atoms with van der Waals surface area (Å²) in [6, 6.07) is 4.61. The summed E-state index contributed by atoms with van der Waals surface area (Å²) in [5, 5.41) is 2.11. The maximum atomic E-state index is 5.53. The lowest BCUT2D eigenvalue weighted by molar-refractivity contribution is 0.669. The lowest BCUT2D eigenvalue weighted by Gasteiger charge is -2.24.